The summed E-state index contributed by atoms with van der Waals surface area (Å²) in [5, 5.41) is 21.8. The fraction of sp³-hybridized carbons (Fsp3) is 0.846. The normalized spacial score (nSPS) is 35.2. The summed E-state index contributed by atoms with van der Waals surface area (Å²) >= 11 is 0. The van der Waals surface area contributed by atoms with Crippen LogP contribution >= 0.6 is 0 Å². The molecule has 0 aromatic heterocycles. The Labute approximate surface area is 112 Å². The standard InChI is InChI=1S/C13H22N2O4/c1-13(19)5-2-6-15(8-13)12(18)14-10-4-3-9(7-10)11(16)17/h9-10,19H,2-8H2,1H3,(H,14,18)(H,16,17). The number of rotatable bonds is 2. The molecular weight excluding hydrogens is 248 g/mol. The van der Waals surface area contributed by atoms with Gasteiger partial charge in [-0.1, -0.05) is 0 Å². The van der Waals surface area contributed by atoms with E-state index in [4.69, 9.17) is 5.11 Å². The second-order valence-corrected chi connectivity index (χ2v) is 6.02. The summed E-state index contributed by atoms with van der Waals surface area (Å²) in [6.07, 6.45) is 3.35. The predicted octanol–water partition coefficient (Wildman–Crippen LogP) is 0.796. The van der Waals surface area contributed by atoms with Gasteiger partial charge >= 0.3 is 12.0 Å². The maximum Gasteiger partial charge on any atom is 0.317 e. The summed E-state index contributed by atoms with van der Waals surface area (Å²) in [4.78, 5) is 24.6. The lowest BCUT2D eigenvalue weighted by Gasteiger charge is -2.37. The van der Waals surface area contributed by atoms with Gasteiger partial charge in [-0.2, -0.15) is 0 Å². The maximum atomic E-state index is 12.1. The minimum atomic E-state index is -0.811. The number of hydrogen-bond donors (Lipinski definition) is 3. The van der Waals surface area contributed by atoms with Gasteiger partial charge in [-0.3, -0.25) is 4.79 Å². The number of nitrogens with zero attached hydrogens (tertiary/aromatic N) is 1. The van der Waals surface area contributed by atoms with Crippen LogP contribution in [-0.2, 0) is 4.79 Å². The molecule has 1 aliphatic heterocycles. The van der Waals surface area contributed by atoms with E-state index in [2.05, 4.69) is 5.32 Å². The number of β-amino-alcohol motifs (C(OH)–C–C–N with tert-alkyl or cyclic N) is 1. The zero-order valence-corrected chi connectivity index (χ0v) is 11.3. The van der Waals surface area contributed by atoms with Crippen molar-refractivity contribution in [3.05, 3.63) is 0 Å². The van der Waals surface area contributed by atoms with E-state index in [9.17, 15) is 14.7 Å². The number of nitrogens with one attached hydrogen (secondary N) is 1. The number of aliphatic hydroxyl groups is 1. The zero-order chi connectivity index (χ0) is 14.0. The van der Waals surface area contributed by atoms with Crippen molar-refractivity contribution in [1.29, 1.82) is 0 Å². The molecule has 2 aliphatic rings. The SMILES string of the molecule is CC1(O)CCCN(C(=O)NC2CCC(C(=O)O)C2)C1. The molecule has 1 heterocycles. The highest BCUT2D eigenvalue weighted by Gasteiger charge is 2.34. The van der Waals surface area contributed by atoms with Crippen molar-refractivity contribution < 1.29 is 19.8 Å². The van der Waals surface area contributed by atoms with Crippen LogP contribution in [0.5, 0.6) is 0 Å². The van der Waals surface area contributed by atoms with Crippen molar-refractivity contribution in [1.82, 2.24) is 10.2 Å². The Kier molecular flexibility index (Phi) is 3.99. The van der Waals surface area contributed by atoms with Crippen LogP contribution in [0, 0.1) is 5.92 Å². The molecule has 2 rings (SSSR count). The molecule has 2 fully saturated rings. The summed E-state index contributed by atoms with van der Waals surface area (Å²) in [6.45, 7) is 2.73. The van der Waals surface area contributed by atoms with Gasteiger partial charge in [0.2, 0.25) is 0 Å². The van der Waals surface area contributed by atoms with Crippen molar-refractivity contribution in [2.45, 2.75) is 50.7 Å². The van der Waals surface area contributed by atoms with Gasteiger partial charge in [0.15, 0.2) is 0 Å². The molecule has 6 heteroatoms. The van der Waals surface area contributed by atoms with Crippen LogP contribution in [0.15, 0.2) is 0 Å². The molecule has 3 N–H and O–H groups in total. The van der Waals surface area contributed by atoms with Crippen LogP contribution in [0.3, 0.4) is 0 Å². The molecule has 1 saturated carbocycles. The Morgan fingerprint density at radius 3 is 2.68 bits per heavy atom. The van der Waals surface area contributed by atoms with Crippen molar-refractivity contribution in [3.8, 4) is 0 Å². The molecule has 3 unspecified atom stereocenters. The number of urea groups is 1. The number of amides is 2. The number of carbonyl (C=O) groups excluding carboxylic acids is 1. The smallest absolute Gasteiger partial charge is 0.317 e. The second kappa shape index (κ2) is 5.36. The Bertz CT molecular complexity index is 370. The summed E-state index contributed by atoms with van der Waals surface area (Å²) in [6, 6.07) is -0.239. The van der Waals surface area contributed by atoms with Crippen molar-refractivity contribution in [2.24, 2.45) is 5.92 Å². The fourth-order valence-corrected chi connectivity index (χ4v) is 3.00. The molecule has 0 bridgehead atoms. The van der Waals surface area contributed by atoms with E-state index in [1.54, 1.807) is 11.8 Å². The van der Waals surface area contributed by atoms with Crippen LogP contribution in [0.1, 0.15) is 39.0 Å². The van der Waals surface area contributed by atoms with Crippen LogP contribution in [0.2, 0.25) is 0 Å². The first-order chi connectivity index (χ1) is 8.87. The van der Waals surface area contributed by atoms with Crippen molar-refractivity contribution in [3.63, 3.8) is 0 Å². The fourth-order valence-electron chi connectivity index (χ4n) is 3.00. The molecule has 2 amide bonds. The third-order valence-corrected chi connectivity index (χ3v) is 4.07. The topological polar surface area (TPSA) is 89.9 Å². The van der Waals surface area contributed by atoms with Gasteiger partial charge in [-0.25, -0.2) is 4.79 Å². The van der Waals surface area contributed by atoms with Gasteiger partial charge in [-0.15, -0.1) is 0 Å². The third kappa shape index (κ3) is 3.59. The predicted molar refractivity (Wildman–Crippen MR) is 68.7 cm³/mol. The first-order valence-corrected chi connectivity index (χ1v) is 6.88. The van der Waals surface area contributed by atoms with Crippen molar-refractivity contribution in [2.75, 3.05) is 13.1 Å². The molecule has 0 aromatic rings. The van der Waals surface area contributed by atoms with E-state index in [1.165, 1.54) is 0 Å². The van der Waals surface area contributed by atoms with E-state index < -0.39 is 11.6 Å². The Morgan fingerprint density at radius 1 is 1.37 bits per heavy atom. The summed E-state index contributed by atoms with van der Waals surface area (Å²) in [5.74, 6) is -1.12. The van der Waals surface area contributed by atoms with Gasteiger partial charge in [0, 0.05) is 12.6 Å². The highest BCUT2D eigenvalue weighted by molar-refractivity contribution is 5.75. The lowest BCUT2D eigenvalue weighted by molar-refractivity contribution is -0.141. The van der Waals surface area contributed by atoms with E-state index in [0.29, 0.717) is 38.8 Å². The molecule has 0 aromatic carbocycles. The second-order valence-electron chi connectivity index (χ2n) is 6.02. The van der Waals surface area contributed by atoms with E-state index >= 15 is 0 Å². The average Bonchev–Trinajstić information content (AvgIpc) is 2.76. The van der Waals surface area contributed by atoms with Crippen LogP contribution in [0.4, 0.5) is 4.79 Å². The average molecular weight is 270 g/mol. The largest absolute Gasteiger partial charge is 0.481 e. The molecule has 108 valence electrons. The number of carboxylic acid groups (broad SMARTS) is 1. The number of aliphatic carboxylic acids is 1. The quantitative estimate of drug-likeness (QED) is 0.692. The molecule has 1 aliphatic carbocycles. The summed E-state index contributed by atoms with van der Waals surface area (Å²) in [7, 11) is 0. The Morgan fingerprint density at radius 2 is 2.11 bits per heavy atom. The van der Waals surface area contributed by atoms with Crippen LogP contribution in [-0.4, -0.2) is 51.8 Å². The van der Waals surface area contributed by atoms with Crippen LogP contribution in [0.25, 0.3) is 0 Å². The minimum absolute atomic E-state index is 0.0551. The molecule has 0 spiro atoms. The highest BCUT2D eigenvalue weighted by Crippen LogP contribution is 2.26. The zero-order valence-electron chi connectivity index (χ0n) is 11.3. The molecule has 3 atom stereocenters. The van der Waals surface area contributed by atoms with E-state index in [0.717, 1.165) is 6.42 Å². The molecule has 6 nitrogen and oxygen atoms in total. The summed E-state index contributed by atoms with van der Waals surface area (Å²) in [5.41, 5.74) is -0.811. The van der Waals surface area contributed by atoms with Gasteiger partial charge in [0.25, 0.3) is 0 Å². The minimum Gasteiger partial charge on any atom is -0.481 e. The van der Waals surface area contributed by atoms with Gasteiger partial charge in [-0.05, 0) is 39.0 Å². The molecule has 19 heavy (non-hydrogen) atoms. The lowest BCUT2D eigenvalue weighted by Crippen LogP contribution is -2.53. The monoisotopic (exact) mass is 270 g/mol. The van der Waals surface area contributed by atoms with Gasteiger partial charge < -0.3 is 20.4 Å². The Balaban J connectivity index is 1.83. The maximum absolute atomic E-state index is 12.1. The van der Waals surface area contributed by atoms with E-state index in [1.807, 2.05) is 0 Å². The first-order valence-electron chi connectivity index (χ1n) is 6.88. The molecular formula is C13H22N2O4. The third-order valence-electron chi connectivity index (χ3n) is 4.07. The number of carboxylic acids is 1. The van der Waals surface area contributed by atoms with Gasteiger partial charge in [0.05, 0.1) is 18.1 Å². The van der Waals surface area contributed by atoms with Gasteiger partial charge in [0.1, 0.15) is 0 Å². The first kappa shape index (κ1) is 14.1. The number of carbonyl (C=O) groups is 2. The van der Waals surface area contributed by atoms with E-state index in [-0.39, 0.29) is 18.0 Å². The molecule has 1 saturated heterocycles. The van der Waals surface area contributed by atoms with Crippen molar-refractivity contribution >= 4 is 12.0 Å². The number of hydrogen-bond acceptors (Lipinski definition) is 3. The van der Waals surface area contributed by atoms with Crippen LogP contribution < -0.4 is 5.32 Å². The Hall–Kier alpha value is -1.30. The lowest BCUT2D eigenvalue weighted by atomic mass is 9.95. The number of likely N-dealkylation sites (tertiary alicyclic amines) is 1. The highest BCUT2D eigenvalue weighted by atomic mass is 16.4. The molecule has 0 radical (unpaired) electrons. The summed E-state index contributed by atoms with van der Waals surface area (Å²) < 4.78 is 0. The number of piperidine rings is 1.